The number of sulfonamides is 1. The summed E-state index contributed by atoms with van der Waals surface area (Å²) in [6.07, 6.45) is 5.07. The van der Waals surface area contributed by atoms with Gasteiger partial charge in [0.1, 0.15) is 5.75 Å². The van der Waals surface area contributed by atoms with Crippen LogP contribution in [0.25, 0.3) is 22.4 Å². The van der Waals surface area contributed by atoms with E-state index < -0.39 is 10.0 Å². The lowest BCUT2D eigenvalue weighted by atomic mass is 10.1. The molecule has 0 amide bonds. The van der Waals surface area contributed by atoms with Crippen molar-refractivity contribution in [3.63, 3.8) is 0 Å². The number of methoxy groups -OCH3 is 1. The van der Waals surface area contributed by atoms with Gasteiger partial charge in [-0.2, -0.15) is 0 Å². The van der Waals surface area contributed by atoms with Gasteiger partial charge < -0.3 is 4.74 Å². The zero-order chi connectivity index (χ0) is 21.7. The highest BCUT2D eigenvalue weighted by atomic mass is 32.2. The van der Waals surface area contributed by atoms with Crippen molar-refractivity contribution in [3.05, 3.63) is 97.0 Å². The maximum Gasteiger partial charge on any atom is 0.240 e. The second-order valence-corrected chi connectivity index (χ2v) is 8.60. The third-order valence-electron chi connectivity index (χ3n) is 4.87. The topological polar surface area (TPSA) is 81.2 Å². The van der Waals surface area contributed by atoms with Crippen molar-refractivity contribution in [1.82, 2.24) is 14.7 Å². The Morgan fingerprint density at radius 1 is 0.839 bits per heavy atom. The smallest absolute Gasteiger partial charge is 0.240 e. The van der Waals surface area contributed by atoms with Crippen molar-refractivity contribution >= 4 is 10.0 Å². The molecule has 0 bridgehead atoms. The van der Waals surface area contributed by atoms with Gasteiger partial charge >= 0.3 is 0 Å². The van der Waals surface area contributed by atoms with Gasteiger partial charge in [0, 0.05) is 30.7 Å². The summed E-state index contributed by atoms with van der Waals surface area (Å²) in [6.45, 7) is 0.126. The second kappa shape index (κ2) is 9.07. The van der Waals surface area contributed by atoms with E-state index in [1.54, 1.807) is 56.0 Å². The van der Waals surface area contributed by atoms with Crippen LogP contribution in [0.4, 0.5) is 0 Å². The molecule has 2 heterocycles. The van der Waals surface area contributed by atoms with Crippen molar-refractivity contribution in [2.45, 2.75) is 11.4 Å². The highest BCUT2D eigenvalue weighted by molar-refractivity contribution is 7.89. The summed E-state index contributed by atoms with van der Waals surface area (Å²) >= 11 is 0. The first kappa shape index (κ1) is 20.7. The van der Waals surface area contributed by atoms with E-state index in [1.807, 2.05) is 42.5 Å². The van der Waals surface area contributed by atoms with Gasteiger partial charge in [0.05, 0.1) is 17.7 Å². The summed E-state index contributed by atoms with van der Waals surface area (Å²) in [5, 5.41) is 0. The number of nitrogens with one attached hydrogen (secondary N) is 1. The fourth-order valence-electron chi connectivity index (χ4n) is 3.21. The summed E-state index contributed by atoms with van der Waals surface area (Å²) in [7, 11) is -2.06. The zero-order valence-corrected chi connectivity index (χ0v) is 17.7. The van der Waals surface area contributed by atoms with E-state index in [0.29, 0.717) is 5.69 Å². The Morgan fingerprint density at radius 2 is 1.52 bits per heavy atom. The predicted octanol–water partition coefficient (Wildman–Crippen LogP) is 4.30. The monoisotopic (exact) mass is 431 g/mol. The Labute approximate surface area is 181 Å². The lowest BCUT2D eigenvalue weighted by molar-refractivity contribution is 0.415. The van der Waals surface area contributed by atoms with E-state index in [-0.39, 0.29) is 11.4 Å². The molecule has 2 aromatic carbocycles. The number of rotatable bonds is 7. The zero-order valence-electron chi connectivity index (χ0n) is 16.9. The maximum atomic E-state index is 12.8. The predicted molar refractivity (Wildman–Crippen MR) is 120 cm³/mol. The van der Waals surface area contributed by atoms with Gasteiger partial charge in [0.25, 0.3) is 0 Å². The van der Waals surface area contributed by atoms with Crippen LogP contribution < -0.4 is 9.46 Å². The number of pyridine rings is 2. The van der Waals surface area contributed by atoms with Crippen LogP contribution in [-0.4, -0.2) is 25.5 Å². The van der Waals surface area contributed by atoms with Crippen molar-refractivity contribution in [1.29, 1.82) is 0 Å². The fourth-order valence-corrected chi connectivity index (χ4v) is 4.22. The summed E-state index contributed by atoms with van der Waals surface area (Å²) in [4.78, 5) is 8.72. The first-order valence-corrected chi connectivity index (χ1v) is 11.1. The van der Waals surface area contributed by atoms with Gasteiger partial charge in [-0.1, -0.05) is 30.3 Å². The largest absolute Gasteiger partial charge is 0.497 e. The van der Waals surface area contributed by atoms with Gasteiger partial charge in [-0.05, 0) is 59.2 Å². The van der Waals surface area contributed by atoms with Crippen molar-refractivity contribution in [2.75, 3.05) is 7.11 Å². The number of hydrogen-bond donors (Lipinski definition) is 1. The second-order valence-electron chi connectivity index (χ2n) is 6.83. The molecule has 7 heteroatoms. The average Bonchev–Trinajstić information content (AvgIpc) is 2.84. The van der Waals surface area contributed by atoms with E-state index in [9.17, 15) is 8.42 Å². The molecule has 0 aliphatic rings. The molecule has 0 saturated heterocycles. The number of hydrogen-bond acceptors (Lipinski definition) is 5. The molecule has 31 heavy (non-hydrogen) atoms. The molecular formula is C24H21N3O3S. The van der Waals surface area contributed by atoms with Crippen LogP contribution in [0.3, 0.4) is 0 Å². The van der Waals surface area contributed by atoms with E-state index in [4.69, 9.17) is 4.74 Å². The Kier molecular flexibility index (Phi) is 6.06. The lowest BCUT2D eigenvalue weighted by Gasteiger charge is -2.11. The molecule has 4 rings (SSSR count). The number of nitrogens with zero attached hydrogens (tertiary/aromatic N) is 2. The molecule has 0 saturated carbocycles. The summed E-state index contributed by atoms with van der Waals surface area (Å²) < 4.78 is 33.5. The molecule has 1 N–H and O–H groups in total. The van der Waals surface area contributed by atoms with Crippen molar-refractivity contribution < 1.29 is 13.2 Å². The Balaban J connectivity index is 1.51. The molecule has 0 spiro atoms. The average molecular weight is 432 g/mol. The number of aromatic nitrogens is 2. The molecule has 0 unspecified atom stereocenters. The first-order valence-electron chi connectivity index (χ1n) is 9.65. The van der Waals surface area contributed by atoms with E-state index in [2.05, 4.69) is 14.7 Å². The quantitative estimate of drug-likeness (QED) is 0.472. The SMILES string of the molecule is COc1ccc(-c2ccc(S(=O)(=O)NCc3cccnc3-c3cccnc3)cc2)cc1. The minimum absolute atomic E-state index is 0.126. The van der Waals surface area contributed by atoms with Gasteiger partial charge in [-0.3, -0.25) is 9.97 Å². The molecule has 0 aliphatic carbocycles. The summed E-state index contributed by atoms with van der Waals surface area (Å²) in [5.41, 5.74) is 4.21. The summed E-state index contributed by atoms with van der Waals surface area (Å²) in [6, 6.07) is 21.8. The Morgan fingerprint density at radius 3 is 2.16 bits per heavy atom. The molecule has 2 aromatic heterocycles. The van der Waals surface area contributed by atoms with E-state index in [0.717, 1.165) is 28.0 Å². The molecule has 4 aromatic rings. The van der Waals surface area contributed by atoms with Gasteiger partial charge in [0.15, 0.2) is 0 Å². The molecule has 6 nitrogen and oxygen atoms in total. The van der Waals surface area contributed by atoms with Crippen molar-refractivity contribution in [2.24, 2.45) is 0 Å². The lowest BCUT2D eigenvalue weighted by Crippen LogP contribution is -2.23. The standard InChI is InChI=1S/C24H21N3O3S/c1-30-22-10-6-18(7-11-22)19-8-12-23(13-9-19)31(28,29)27-17-21-5-3-15-26-24(21)20-4-2-14-25-16-20/h2-16,27H,17H2,1H3. The third kappa shape index (κ3) is 4.79. The van der Waals surface area contributed by atoms with E-state index >= 15 is 0 Å². The van der Waals surface area contributed by atoms with Crippen LogP contribution >= 0.6 is 0 Å². The van der Waals surface area contributed by atoms with E-state index in [1.165, 1.54) is 0 Å². The minimum Gasteiger partial charge on any atom is -0.497 e. The molecular weight excluding hydrogens is 410 g/mol. The molecule has 0 radical (unpaired) electrons. The Hall–Kier alpha value is -3.55. The van der Waals surface area contributed by atoms with Crippen LogP contribution in [-0.2, 0) is 16.6 Å². The number of benzene rings is 2. The van der Waals surface area contributed by atoms with Crippen LogP contribution in [0.1, 0.15) is 5.56 Å². The number of ether oxygens (including phenoxy) is 1. The maximum absolute atomic E-state index is 12.8. The van der Waals surface area contributed by atoms with Gasteiger partial charge in [-0.25, -0.2) is 13.1 Å². The molecule has 0 fully saturated rings. The van der Waals surface area contributed by atoms with Crippen LogP contribution in [0.15, 0.2) is 96.3 Å². The van der Waals surface area contributed by atoms with Gasteiger partial charge in [0.2, 0.25) is 10.0 Å². The Bertz CT molecular complexity index is 1260. The normalized spacial score (nSPS) is 11.3. The van der Waals surface area contributed by atoms with Crippen LogP contribution in [0, 0.1) is 0 Å². The van der Waals surface area contributed by atoms with Gasteiger partial charge in [-0.15, -0.1) is 0 Å². The minimum atomic E-state index is -3.68. The molecule has 0 atom stereocenters. The first-order chi connectivity index (χ1) is 15.1. The fraction of sp³-hybridized carbons (Fsp3) is 0.0833. The molecule has 0 aliphatic heterocycles. The highest BCUT2D eigenvalue weighted by Crippen LogP contribution is 2.24. The highest BCUT2D eigenvalue weighted by Gasteiger charge is 2.15. The third-order valence-corrected chi connectivity index (χ3v) is 6.28. The molecule has 156 valence electrons. The van der Waals surface area contributed by atoms with Crippen LogP contribution in [0.2, 0.25) is 0 Å². The van der Waals surface area contributed by atoms with Crippen molar-refractivity contribution in [3.8, 4) is 28.1 Å². The summed E-state index contributed by atoms with van der Waals surface area (Å²) in [5.74, 6) is 0.771. The van der Waals surface area contributed by atoms with Crippen LogP contribution in [0.5, 0.6) is 5.75 Å².